The van der Waals surface area contributed by atoms with E-state index in [0.29, 0.717) is 0 Å². The molecule has 0 aliphatic rings. The van der Waals surface area contributed by atoms with E-state index in [-0.39, 0.29) is 5.82 Å². The van der Waals surface area contributed by atoms with Gasteiger partial charge < -0.3 is 14.0 Å². The summed E-state index contributed by atoms with van der Waals surface area (Å²) in [6.07, 6.45) is 0. The summed E-state index contributed by atoms with van der Waals surface area (Å²) < 4.78 is 19.4. The zero-order valence-electron chi connectivity index (χ0n) is 24.9. The average molecular weight is 594 g/mol. The Morgan fingerprint density at radius 1 is 0.391 bits per heavy atom. The van der Waals surface area contributed by atoms with E-state index in [4.69, 9.17) is 0 Å². The molecule has 2 heterocycles. The Morgan fingerprint density at radius 3 is 1.76 bits per heavy atom. The number of anilines is 3. The molecule has 0 N–H and O–H groups in total. The number of para-hydroxylation sites is 5. The van der Waals surface area contributed by atoms with Gasteiger partial charge in [0.25, 0.3) is 0 Å². The molecule has 0 saturated carbocycles. The van der Waals surface area contributed by atoms with Crippen LogP contribution in [0, 0.1) is 5.82 Å². The molecule has 4 heteroatoms. The van der Waals surface area contributed by atoms with Crippen molar-refractivity contribution in [3.05, 3.63) is 176 Å². The molecular weight excluding hydrogens is 565 g/mol. The standard InChI is InChI=1S/C42H28FN3/c43-29-23-26-39-37(27-29)36-20-12-22-40(42(36)46(39)32-17-8-3-9-18-32)44(30-13-4-1-5-14-30)33-24-25-35-34-19-10-11-21-38(34)45(41(35)28-33)31-15-6-2-7-16-31/h1-28H. The fourth-order valence-electron chi connectivity index (χ4n) is 7.01. The van der Waals surface area contributed by atoms with Gasteiger partial charge in [0.1, 0.15) is 5.82 Å². The third-order valence-corrected chi connectivity index (χ3v) is 8.93. The van der Waals surface area contributed by atoms with Gasteiger partial charge in [-0.25, -0.2) is 4.39 Å². The van der Waals surface area contributed by atoms with Crippen molar-refractivity contribution in [2.45, 2.75) is 0 Å². The number of nitrogens with zero attached hydrogens (tertiary/aromatic N) is 3. The van der Waals surface area contributed by atoms with E-state index in [0.717, 1.165) is 55.8 Å². The molecule has 0 aliphatic carbocycles. The highest BCUT2D eigenvalue weighted by atomic mass is 19.1. The van der Waals surface area contributed by atoms with Crippen LogP contribution in [-0.2, 0) is 0 Å². The van der Waals surface area contributed by atoms with Gasteiger partial charge in [0, 0.05) is 44.3 Å². The Labute approximate surface area is 265 Å². The van der Waals surface area contributed by atoms with Crippen LogP contribution in [-0.4, -0.2) is 9.13 Å². The average Bonchev–Trinajstić information content (AvgIpc) is 3.62. The number of halogens is 1. The Morgan fingerprint density at radius 2 is 1.00 bits per heavy atom. The van der Waals surface area contributed by atoms with E-state index < -0.39 is 0 Å². The van der Waals surface area contributed by atoms with E-state index in [1.54, 1.807) is 12.1 Å². The van der Waals surface area contributed by atoms with Crippen molar-refractivity contribution in [1.82, 2.24) is 9.13 Å². The minimum atomic E-state index is -0.246. The molecule has 0 spiro atoms. The van der Waals surface area contributed by atoms with Crippen molar-refractivity contribution < 1.29 is 4.39 Å². The summed E-state index contributed by atoms with van der Waals surface area (Å²) in [5.41, 5.74) is 9.48. The van der Waals surface area contributed by atoms with Crippen LogP contribution in [0.2, 0.25) is 0 Å². The predicted octanol–water partition coefficient (Wildman–Crippen LogP) is 11.5. The van der Waals surface area contributed by atoms with Crippen LogP contribution in [0.1, 0.15) is 0 Å². The lowest BCUT2D eigenvalue weighted by atomic mass is 10.1. The van der Waals surface area contributed by atoms with Crippen molar-refractivity contribution in [1.29, 1.82) is 0 Å². The number of benzene rings is 7. The first-order chi connectivity index (χ1) is 22.8. The maximum atomic E-state index is 14.8. The fraction of sp³-hybridized carbons (Fsp3) is 0. The third-order valence-electron chi connectivity index (χ3n) is 8.93. The molecule has 0 fully saturated rings. The summed E-state index contributed by atoms with van der Waals surface area (Å²) in [6.45, 7) is 0. The smallest absolute Gasteiger partial charge is 0.123 e. The van der Waals surface area contributed by atoms with E-state index in [1.807, 2.05) is 30.3 Å². The summed E-state index contributed by atoms with van der Waals surface area (Å²) in [7, 11) is 0. The van der Waals surface area contributed by atoms with Crippen LogP contribution >= 0.6 is 0 Å². The number of fused-ring (bicyclic) bond motifs is 6. The minimum absolute atomic E-state index is 0.246. The molecule has 0 atom stereocenters. The quantitative estimate of drug-likeness (QED) is 0.193. The van der Waals surface area contributed by atoms with Gasteiger partial charge in [0.15, 0.2) is 0 Å². The lowest BCUT2D eigenvalue weighted by Gasteiger charge is -2.27. The topological polar surface area (TPSA) is 13.1 Å². The second-order valence-electron chi connectivity index (χ2n) is 11.6. The molecule has 0 saturated heterocycles. The monoisotopic (exact) mass is 593 g/mol. The largest absolute Gasteiger partial charge is 0.309 e. The molecule has 0 unspecified atom stereocenters. The zero-order chi connectivity index (χ0) is 30.6. The maximum absolute atomic E-state index is 14.8. The van der Waals surface area contributed by atoms with Crippen molar-refractivity contribution >= 4 is 60.7 Å². The van der Waals surface area contributed by atoms with Crippen molar-refractivity contribution in [3.8, 4) is 11.4 Å². The molecule has 7 aromatic carbocycles. The molecule has 218 valence electrons. The minimum Gasteiger partial charge on any atom is -0.309 e. The molecule has 9 aromatic rings. The summed E-state index contributed by atoms with van der Waals surface area (Å²) in [5.74, 6) is -0.246. The van der Waals surface area contributed by atoms with Gasteiger partial charge >= 0.3 is 0 Å². The Hall–Kier alpha value is -6.13. The second kappa shape index (κ2) is 10.5. The first-order valence-corrected chi connectivity index (χ1v) is 15.5. The SMILES string of the molecule is Fc1ccc2c(c1)c1cccc(N(c3ccccc3)c3ccc4c5ccccc5n(-c5ccccc5)c4c3)c1n2-c1ccccc1. The number of hydrogen-bond acceptors (Lipinski definition) is 1. The lowest BCUT2D eigenvalue weighted by Crippen LogP contribution is -2.11. The molecule has 0 amide bonds. The fourth-order valence-corrected chi connectivity index (χ4v) is 7.01. The molecule has 0 bridgehead atoms. The zero-order valence-corrected chi connectivity index (χ0v) is 24.9. The van der Waals surface area contributed by atoms with Gasteiger partial charge in [0.05, 0.1) is 27.8 Å². The molecule has 46 heavy (non-hydrogen) atoms. The normalized spacial score (nSPS) is 11.6. The van der Waals surface area contributed by atoms with E-state index in [1.165, 1.54) is 16.3 Å². The maximum Gasteiger partial charge on any atom is 0.123 e. The Kier molecular flexibility index (Phi) is 6.00. The van der Waals surface area contributed by atoms with Crippen LogP contribution in [0.5, 0.6) is 0 Å². The lowest BCUT2D eigenvalue weighted by molar-refractivity contribution is 0.629. The highest BCUT2D eigenvalue weighted by Crippen LogP contribution is 2.44. The summed E-state index contributed by atoms with van der Waals surface area (Å²) in [6, 6.07) is 58.1. The van der Waals surface area contributed by atoms with Crippen molar-refractivity contribution in [3.63, 3.8) is 0 Å². The second-order valence-corrected chi connectivity index (χ2v) is 11.6. The van der Waals surface area contributed by atoms with E-state index in [9.17, 15) is 4.39 Å². The van der Waals surface area contributed by atoms with Crippen molar-refractivity contribution in [2.75, 3.05) is 4.90 Å². The predicted molar refractivity (Wildman–Crippen MR) is 190 cm³/mol. The van der Waals surface area contributed by atoms with Crippen LogP contribution in [0.25, 0.3) is 55.0 Å². The Bertz CT molecular complexity index is 2530. The molecule has 2 aromatic heterocycles. The van der Waals surface area contributed by atoms with E-state index >= 15 is 0 Å². The summed E-state index contributed by atoms with van der Waals surface area (Å²) in [4.78, 5) is 2.32. The number of rotatable bonds is 5. The Balaban J connectivity index is 1.38. The molecular formula is C42H28FN3. The summed E-state index contributed by atoms with van der Waals surface area (Å²) in [5, 5.41) is 4.29. The first kappa shape index (κ1) is 26.3. The molecule has 3 nitrogen and oxygen atoms in total. The van der Waals surface area contributed by atoms with Crippen LogP contribution in [0.3, 0.4) is 0 Å². The first-order valence-electron chi connectivity index (χ1n) is 15.5. The third kappa shape index (κ3) is 4.04. The van der Waals surface area contributed by atoms with Crippen LogP contribution in [0.4, 0.5) is 21.5 Å². The molecule has 0 aliphatic heterocycles. The van der Waals surface area contributed by atoms with Crippen LogP contribution in [0.15, 0.2) is 170 Å². The van der Waals surface area contributed by atoms with Gasteiger partial charge in [0.2, 0.25) is 0 Å². The highest BCUT2D eigenvalue weighted by molar-refractivity contribution is 6.15. The van der Waals surface area contributed by atoms with Gasteiger partial charge in [-0.1, -0.05) is 91.0 Å². The van der Waals surface area contributed by atoms with E-state index in [2.05, 4.69) is 141 Å². The van der Waals surface area contributed by atoms with Gasteiger partial charge in [-0.15, -0.1) is 0 Å². The molecule has 9 rings (SSSR count). The number of hydrogen-bond donors (Lipinski definition) is 0. The van der Waals surface area contributed by atoms with Gasteiger partial charge in [-0.2, -0.15) is 0 Å². The van der Waals surface area contributed by atoms with Crippen LogP contribution < -0.4 is 4.90 Å². The number of aromatic nitrogens is 2. The molecule has 0 radical (unpaired) electrons. The summed E-state index contributed by atoms with van der Waals surface area (Å²) >= 11 is 0. The highest BCUT2D eigenvalue weighted by Gasteiger charge is 2.23. The van der Waals surface area contributed by atoms with Gasteiger partial charge in [-0.3, -0.25) is 0 Å². The van der Waals surface area contributed by atoms with Crippen molar-refractivity contribution in [2.24, 2.45) is 0 Å². The van der Waals surface area contributed by atoms with Gasteiger partial charge in [-0.05, 0) is 78.9 Å².